The molecule has 0 saturated carbocycles. The molecule has 1 aromatic carbocycles. The summed E-state index contributed by atoms with van der Waals surface area (Å²) < 4.78 is 9.96. The standard InChI is InChI=1S/C15H22N2O4/c1-11(2)10-21-15(19)17-9-8-16-14(18)12-4-6-13(20-3)7-5-12/h4-7,11H,8-10H2,1-3H3,(H,16,18)(H,17,19). The maximum Gasteiger partial charge on any atom is 0.407 e. The van der Waals surface area contributed by atoms with E-state index in [9.17, 15) is 9.59 Å². The number of hydrogen-bond donors (Lipinski definition) is 2. The predicted octanol–water partition coefficient (Wildman–Crippen LogP) is 1.81. The molecule has 6 nitrogen and oxygen atoms in total. The lowest BCUT2D eigenvalue weighted by Crippen LogP contribution is -2.35. The Balaban J connectivity index is 2.22. The van der Waals surface area contributed by atoms with Gasteiger partial charge in [0.15, 0.2) is 0 Å². The number of alkyl carbamates (subject to hydrolysis) is 1. The van der Waals surface area contributed by atoms with Gasteiger partial charge >= 0.3 is 6.09 Å². The average molecular weight is 294 g/mol. The molecule has 1 rings (SSSR count). The Bertz CT molecular complexity index is 457. The topological polar surface area (TPSA) is 76.7 Å². The van der Waals surface area contributed by atoms with Crippen molar-refractivity contribution in [3.05, 3.63) is 29.8 Å². The molecule has 0 unspecified atom stereocenters. The van der Waals surface area contributed by atoms with Crippen LogP contribution in [0.5, 0.6) is 5.75 Å². The Morgan fingerprint density at radius 3 is 2.29 bits per heavy atom. The number of ether oxygens (including phenoxy) is 2. The second-order valence-electron chi connectivity index (χ2n) is 4.90. The second kappa shape index (κ2) is 8.84. The third-order valence-corrected chi connectivity index (χ3v) is 2.58. The van der Waals surface area contributed by atoms with Crippen molar-refractivity contribution in [2.24, 2.45) is 5.92 Å². The lowest BCUT2D eigenvalue weighted by Gasteiger charge is -2.09. The molecule has 2 amide bonds. The fraction of sp³-hybridized carbons (Fsp3) is 0.467. The molecule has 0 aliphatic rings. The number of hydrogen-bond acceptors (Lipinski definition) is 4. The minimum Gasteiger partial charge on any atom is -0.497 e. The summed E-state index contributed by atoms with van der Waals surface area (Å²) in [4.78, 5) is 23.1. The van der Waals surface area contributed by atoms with Crippen LogP contribution in [-0.2, 0) is 4.74 Å². The van der Waals surface area contributed by atoms with Crippen LogP contribution < -0.4 is 15.4 Å². The van der Waals surface area contributed by atoms with Crippen LogP contribution in [-0.4, -0.2) is 38.8 Å². The lowest BCUT2D eigenvalue weighted by atomic mass is 10.2. The van der Waals surface area contributed by atoms with E-state index >= 15 is 0 Å². The zero-order valence-corrected chi connectivity index (χ0v) is 12.6. The van der Waals surface area contributed by atoms with Gasteiger partial charge in [-0.15, -0.1) is 0 Å². The largest absolute Gasteiger partial charge is 0.497 e. The molecule has 0 aliphatic heterocycles. The van der Waals surface area contributed by atoms with E-state index in [1.54, 1.807) is 31.4 Å². The molecule has 0 heterocycles. The maximum atomic E-state index is 11.8. The molecule has 6 heteroatoms. The highest BCUT2D eigenvalue weighted by molar-refractivity contribution is 5.94. The first-order valence-corrected chi connectivity index (χ1v) is 6.85. The van der Waals surface area contributed by atoms with Crippen LogP contribution in [0.1, 0.15) is 24.2 Å². The molecule has 0 aromatic heterocycles. The first kappa shape index (κ1) is 16.8. The SMILES string of the molecule is COc1ccc(C(=O)NCCNC(=O)OCC(C)C)cc1. The van der Waals surface area contributed by atoms with Crippen molar-refractivity contribution in [2.45, 2.75) is 13.8 Å². The van der Waals surface area contributed by atoms with E-state index in [0.29, 0.717) is 36.9 Å². The van der Waals surface area contributed by atoms with Gasteiger partial charge in [0.05, 0.1) is 13.7 Å². The zero-order chi connectivity index (χ0) is 15.7. The molecule has 0 fully saturated rings. The van der Waals surface area contributed by atoms with Crippen molar-refractivity contribution >= 4 is 12.0 Å². The molecular formula is C15H22N2O4. The monoisotopic (exact) mass is 294 g/mol. The quantitative estimate of drug-likeness (QED) is 0.752. The van der Waals surface area contributed by atoms with Gasteiger partial charge in [0.25, 0.3) is 5.91 Å². The first-order chi connectivity index (χ1) is 10.0. The predicted molar refractivity (Wildman–Crippen MR) is 79.5 cm³/mol. The molecule has 0 atom stereocenters. The fourth-order valence-electron chi connectivity index (χ4n) is 1.48. The van der Waals surface area contributed by atoms with E-state index in [1.807, 2.05) is 13.8 Å². The summed E-state index contributed by atoms with van der Waals surface area (Å²) in [6, 6.07) is 6.80. The molecule has 2 N–H and O–H groups in total. The Hall–Kier alpha value is -2.24. The van der Waals surface area contributed by atoms with Crippen LogP contribution in [0.3, 0.4) is 0 Å². The van der Waals surface area contributed by atoms with Crippen LogP contribution in [0.15, 0.2) is 24.3 Å². The van der Waals surface area contributed by atoms with Crippen molar-refractivity contribution in [3.8, 4) is 5.75 Å². The molecule has 21 heavy (non-hydrogen) atoms. The van der Waals surface area contributed by atoms with E-state index in [4.69, 9.17) is 9.47 Å². The molecule has 0 spiro atoms. The van der Waals surface area contributed by atoms with Crippen molar-refractivity contribution in [2.75, 3.05) is 26.8 Å². The van der Waals surface area contributed by atoms with Crippen molar-refractivity contribution in [3.63, 3.8) is 0 Å². The summed E-state index contributed by atoms with van der Waals surface area (Å²) in [5, 5.41) is 5.27. The van der Waals surface area contributed by atoms with E-state index in [0.717, 1.165) is 0 Å². The summed E-state index contributed by atoms with van der Waals surface area (Å²) in [7, 11) is 1.57. The van der Waals surface area contributed by atoms with Crippen molar-refractivity contribution in [1.29, 1.82) is 0 Å². The van der Waals surface area contributed by atoms with E-state index in [2.05, 4.69) is 10.6 Å². The molecule has 0 bridgehead atoms. The van der Waals surface area contributed by atoms with Crippen LogP contribution in [0.2, 0.25) is 0 Å². The van der Waals surface area contributed by atoms with Gasteiger partial charge in [-0.1, -0.05) is 13.8 Å². The summed E-state index contributed by atoms with van der Waals surface area (Å²) in [5.41, 5.74) is 0.540. The van der Waals surface area contributed by atoms with Crippen LogP contribution in [0, 0.1) is 5.92 Å². The minimum absolute atomic E-state index is 0.199. The van der Waals surface area contributed by atoms with Crippen LogP contribution in [0.25, 0.3) is 0 Å². The summed E-state index contributed by atoms with van der Waals surface area (Å²) in [5.74, 6) is 0.793. The third kappa shape index (κ3) is 6.65. The van der Waals surface area contributed by atoms with Gasteiger partial charge in [-0.05, 0) is 30.2 Å². The fourth-order valence-corrected chi connectivity index (χ4v) is 1.48. The summed E-state index contributed by atoms with van der Waals surface area (Å²) in [6.45, 7) is 4.95. The number of benzene rings is 1. The minimum atomic E-state index is -0.470. The Labute approximate surface area is 124 Å². The number of rotatable bonds is 7. The number of carbonyl (C=O) groups excluding carboxylic acids is 2. The van der Waals surface area contributed by atoms with Gasteiger partial charge in [0.2, 0.25) is 0 Å². The number of methoxy groups -OCH3 is 1. The van der Waals surface area contributed by atoms with Gasteiger partial charge in [-0.25, -0.2) is 4.79 Å². The van der Waals surface area contributed by atoms with E-state index in [-0.39, 0.29) is 5.91 Å². The maximum absolute atomic E-state index is 11.8. The van der Waals surface area contributed by atoms with Gasteiger partial charge in [0.1, 0.15) is 5.75 Å². The molecule has 0 aliphatic carbocycles. The normalized spacial score (nSPS) is 10.1. The number of carbonyl (C=O) groups is 2. The lowest BCUT2D eigenvalue weighted by molar-refractivity contribution is 0.0951. The Morgan fingerprint density at radius 1 is 1.10 bits per heavy atom. The average Bonchev–Trinajstić information content (AvgIpc) is 2.49. The molecular weight excluding hydrogens is 272 g/mol. The molecule has 1 aromatic rings. The number of amides is 2. The third-order valence-electron chi connectivity index (χ3n) is 2.58. The van der Waals surface area contributed by atoms with Crippen LogP contribution in [0.4, 0.5) is 4.79 Å². The smallest absolute Gasteiger partial charge is 0.407 e. The zero-order valence-electron chi connectivity index (χ0n) is 12.6. The van der Waals surface area contributed by atoms with Gasteiger partial charge < -0.3 is 20.1 Å². The second-order valence-corrected chi connectivity index (χ2v) is 4.90. The highest BCUT2D eigenvalue weighted by atomic mass is 16.5. The Morgan fingerprint density at radius 2 is 1.71 bits per heavy atom. The highest BCUT2D eigenvalue weighted by Gasteiger charge is 2.06. The first-order valence-electron chi connectivity index (χ1n) is 6.85. The van der Waals surface area contributed by atoms with Crippen molar-refractivity contribution in [1.82, 2.24) is 10.6 Å². The van der Waals surface area contributed by atoms with Gasteiger partial charge in [0, 0.05) is 18.7 Å². The van der Waals surface area contributed by atoms with Gasteiger partial charge in [-0.2, -0.15) is 0 Å². The summed E-state index contributed by atoms with van der Waals surface area (Å²) in [6.07, 6.45) is -0.470. The van der Waals surface area contributed by atoms with E-state index < -0.39 is 6.09 Å². The van der Waals surface area contributed by atoms with E-state index in [1.165, 1.54) is 0 Å². The Kier molecular flexibility index (Phi) is 7.08. The van der Waals surface area contributed by atoms with Gasteiger partial charge in [-0.3, -0.25) is 4.79 Å². The van der Waals surface area contributed by atoms with Crippen molar-refractivity contribution < 1.29 is 19.1 Å². The molecule has 116 valence electrons. The van der Waals surface area contributed by atoms with Crippen LogP contribution >= 0.6 is 0 Å². The molecule has 0 saturated heterocycles. The number of nitrogens with one attached hydrogen (secondary N) is 2. The summed E-state index contributed by atoms with van der Waals surface area (Å²) >= 11 is 0. The highest BCUT2D eigenvalue weighted by Crippen LogP contribution is 2.10. The molecule has 0 radical (unpaired) electrons.